The number of thiophene rings is 1. The highest BCUT2D eigenvalue weighted by atomic mass is 32.1. The lowest BCUT2D eigenvalue weighted by Crippen LogP contribution is -1.99. The summed E-state index contributed by atoms with van der Waals surface area (Å²) in [5.41, 5.74) is 11.5. The van der Waals surface area contributed by atoms with Gasteiger partial charge in [-0.15, -0.1) is 11.3 Å². The average molecular weight is 734 g/mol. The number of benzene rings is 8. The second-order valence-electron chi connectivity index (χ2n) is 13.9. The molecule has 0 bridgehead atoms. The third-order valence-electron chi connectivity index (χ3n) is 10.6. The molecule has 0 amide bonds. The van der Waals surface area contributed by atoms with E-state index in [0.29, 0.717) is 17.5 Å². The van der Waals surface area contributed by atoms with Crippen molar-refractivity contribution in [2.45, 2.75) is 0 Å². The minimum atomic E-state index is 0.649. The van der Waals surface area contributed by atoms with Crippen LogP contribution in [0.1, 0.15) is 0 Å². The first kappa shape index (κ1) is 32.2. The van der Waals surface area contributed by atoms with E-state index in [1.807, 2.05) is 78.1 Å². The van der Waals surface area contributed by atoms with E-state index >= 15 is 0 Å². The van der Waals surface area contributed by atoms with Crippen molar-refractivity contribution in [3.05, 3.63) is 188 Å². The molecule has 0 N–H and O–H groups in total. The molecule has 0 radical (unpaired) electrons. The van der Waals surface area contributed by atoms with Crippen LogP contribution in [0.2, 0.25) is 0 Å². The lowest BCUT2D eigenvalue weighted by Gasteiger charge is -2.11. The van der Waals surface area contributed by atoms with Gasteiger partial charge in [0.05, 0.1) is 0 Å². The molecule has 56 heavy (non-hydrogen) atoms. The fourth-order valence-corrected chi connectivity index (χ4v) is 9.13. The maximum absolute atomic E-state index is 6.75. The molecule has 0 aliphatic heterocycles. The highest BCUT2D eigenvalue weighted by Gasteiger charge is 2.21. The molecule has 262 valence electrons. The first-order chi connectivity index (χ1) is 27.7. The molecule has 0 atom stereocenters. The summed E-state index contributed by atoms with van der Waals surface area (Å²) in [5.74, 6) is 1.95. The normalized spacial score (nSPS) is 11.6. The van der Waals surface area contributed by atoms with Gasteiger partial charge in [-0.05, 0) is 46.5 Å². The van der Waals surface area contributed by atoms with Gasteiger partial charge >= 0.3 is 0 Å². The summed E-state index contributed by atoms with van der Waals surface area (Å²) >= 11 is 1.81. The summed E-state index contributed by atoms with van der Waals surface area (Å²) in [7, 11) is 0. The largest absolute Gasteiger partial charge is 0.455 e. The van der Waals surface area contributed by atoms with Crippen molar-refractivity contribution in [1.29, 1.82) is 0 Å². The van der Waals surface area contributed by atoms with E-state index in [1.54, 1.807) is 0 Å². The van der Waals surface area contributed by atoms with Crippen molar-refractivity contribution >= 4 is 53.4 Å². The van der Waals surface area contributed by atoms with Gasteiger partial charge in [0.1, 0.15) is 11.2 Å². The van der Waals surface area contributed by atoms with Gasteiger partial charge in [-0.3, -0.25) is 0 Å². The number of nitrogens with zero attached hydrogens (tertiary/aromatic N) is 3. The van der Waals surface area contributed by atoms with Gasteiger partial charge in [-0.2, -0.15) is 0 Å². The minimum absolute atomic E-state index is 0.649. The molecule has 11 aromatic rings. The van der Waals surface area contributed by atoms with Crippen LogP contribution < -0.4 is 0 Å². The topological polar surface area (TPSA) is 51.8 Å². The van der Waals surface area contributed by atoms with Gasteiger partial charge in [0.25, 0.3) is 0 Å². The lowest BCUT2D eigenvalue weighted by molar-refractivity contribution is 0.670. The quantitative estimate of drug-likeness (QED) is 0.171. The SMILES string of the molecule is c1ccc(-c2cccc(-c3ccc(-c4cccc5c4sc4cc(-c6nc(-c7ccccc7)nc(-c7ccccc7)n6)ccc45)c4c3oc3ccccc34)c2)cc1. The number of aromatic nitrogens is 3. The fourth-order valence-electron chi connectivity index (χ4n) is 7.86. The smallest absolute Gasteiger partial charge is 0.164 e. The standard InChI is InChI=1S/C51H31N3OS/c1-4-14-32(15-5-1)35-20-12-21-36(30-35)38-28-29-40(46-43-22-10-11-25-44(43)55-47(38)46)42-24-13-23-41-39-27-26-37(31-45(39)56-48(41)42)51-53-49(33-16-6-2-7-17-33)52-50(54-51)34-18-8-3-9-19-34/h1-31H. The van der Waals surface area contributed by atoms with Gasteiger partial charge in [0, 0.05) is 58.8 Å². The monoisotopic (exact) mass is 733 g/mol. The van der Waals surface area contributed by atoms with Crippen LogP contribution in [-0.2, 0) is 0 Å². The van der Waals surface area contributed by atoms with Gasteiger partial charge in [0.15, 0.2) is 17.5 Å². The van der Waals surface area contributed by atoms with Crippen LogP contribution in [0.15, 0.2) is 192 Å². The number of rotatable bonds is 6. The number of hydrogen-bond donors (Lipinski definition) is 0. The van der Waals surface area contributed by atoms with Gasteiger partial charge in [0.2, 0.25) is 0 Å². The lowest BCUT2D eigenvalue weighted by atomic mass is 9.93. The first-order valence-electron chi connectivity index (χ1n) is 18.7. The Morgan fingerprint density at radius 3 is 1.66 bits per heavy atom. The summed E-state index contributed by atoms with van der Waals surface area (Å²) in [6, 6.07) is 65.6. The minimum Gasteiger partial charge on any atom is -0.455 e. The van der Waals surface area contributed by atoms with Crippen molar-refractivity contribution in [3.63, 3.8) is 0 Å². The Balaban J connectivity index is 1.07. The Kier molecular flexibility index (Phi) is 7.64. The zero-order valence-electron chi connectivity index (χ0n) is 30.1. The molecule has 0 saturated heterocycles. The molecule has 0 spiro atoms. The Bertz CT molecular complexity index is 3180. The van der Waals surface area contributed by atoms with Crippen molar-refractivity contribution < 1.29 is 4.42 Å². The van der Waals surface area contributed by atoms with E-state index in [-0.39, 0.29) is 0 Å². The number of para-hydroxylation sites is 1. The summed E-state index contributed by atoms with van der Waals surface area (Å²) in [5, 5.41) is 4.66. The maximum Gasteiger partial charge on any atom is 0.164 e. The second kappa shape index (κ2) is 13.3. The molecule has 0 aliphatic carbocycles. The third-order valence-corrected chi connectivity index (χ3v) is 11.8. The van der Waals surface area contributed by atoms with Crippen LogP contribution in [0, 0.1) is 0 Å². The summed E-state index contributed by atoms with van der Waals surface area (Å²) < 4.78 is 9.16. The van der Waals surface area contributed by atoms with E-state index < -0.39 is 0 Å². The van der Waals surface area contributed by atoms with Crippen LogP contribution in [0.25, 0.3) is 110 Å². The van der Waals surface area contributed by atoms with Crippen LogP contribution >= 0.6 is 11.3 Å². The number of fused-ring (bicyclic) bond motifs is 6. The maximum atomic E-state index is 6.75. The summed E-state index contributed by atoms with van der Waals surface area (Å²) in [6.45, 7) is 0. The van der Waals surface area contributed by atoms with Gasteiger partial charge < -0.3 is 4.42 Å². The molecule has 0 saturated carbocycles. The van der Waals surface area contributed by atoms with E-state index in [1.165, 1.54) is 36.9 Å². The molecule has 8 aromatic carbocycles. The van der Waals surface area contributed by atoms with Crippen molar-refractivity contribution in [2.24, 2.45) is 0 Å². The zero-order chi connectivity index (χ0) is 37.0. The summed E-state index contributed by atoms with van der Waals surface area (Å²) in [4.78, 5) is 14.9. The molecular weight excluding hydrogens is 703 g/mol. The number of furan rings is 1. The van der Waals surface area contributed by atoms with E-state index in [4.69, 9.17) is 19.4 Å². The van der Waals surface area contributed by atoms with Crippen LogP contribution in [0.5, 0.6) is 0 Å². The van der Waals surface area contributed by atoms with Crippen LogP contribution in [0.4, 0.5) is 0 Å². The molecule has 5 heteroatoms. The predicted octanol–water partition coefficient (Wildman–Crippen LogP) is 14.1. The average Bonchev–Trinajstić information content (AvgIpc) is 3.86. The van der Waals surface area contributed by atoms with E-state index in [2.05, 4.69) is 121 Å². The molecule has 11 rings (SSSR count). The fraction of sp³-hybridized carbons (Fsp3) is 0. The van der Waals surface area contributed by atoms with Crippen LogP contribution in [0.3, 0.4) is 0 Å². The molecule has 3 aromatic heterocycles. The van der Waals surface area contributed by atoms with Gasteiger partial charge in [-0.25, -0.2) is 15.0 Å². The van der Waals surface area contributed by atoms with Gasteiger partial charge in [-0.1, -0.05) is 164 Å². The molecule has 4 nitrogen and oxygen atoms in total. The Morgan fingerprint density at radius 2 is 0.929 bits per heavy atom. The van der Waals surface area contributed by atoms with Crippen LogP contribution in [-0.4, -0.2) is 15.0 Å². The van der Waals surface area contributed by atoms with Crippen molar-refractivity contribution in [1.82, 2.24) is 15.0 Å². The molecule has 0 fully saturated rings. The molecule has 0 unspecified atom stereocenters. The third kappa shape index (κ3) is 5.48. The first-order valence-corrected chi connectivity index (χ1v) is 19.5. The highest BCUT2D eigenvalue weighted by molar-refractivity contribution is 7.26. The zero-order valence-corrected chi connectivity index (χ0v) is 30.9. The van der Waals surface area contributed by atoms with Crippen molar-refractivity contribution in [3.8, 4) is 67.5 Å². The molecule has 0 aliphatic rings. The Labute approximate surface area is 327 Å². The second-order valence-corrected chi connectivity index (χ2v) is 15.0. The Hall–Kier alpha value is -7.21. The highest BCUT2D eigenvalue weighted by Crippen LogP contribution is 2.47. The van der Waals surface area contributed by atoms with E-state index in [9.17, 15) is 0 Å². The summed E-state index contributed by atoms with van der Waals surface area (Å²) in [6.07, 6.45) is 0. The number of hydrogen-bond acceptors (Lipinski definition) is 5. The van der Waals surface area contributed by atoms with E-state index in [0.717, 1.165) is 55.3 Å². The van der Waals surface area contributed by atoms with Crippen molar-refractivity contribution in [2.75, 3.05) is 0 Å². The Morgan fingerprint density at radius 1 is 0.357 bits per heavy atom. The molecule has 3 heterocycles. The molecular formula is C51H31N3OS. The predicted molar refractivity (Wildman–Crippen MR) is 233 cm³/mol.